The molecule has 1 amide bonds. The van der Waals surface area contributed by atoms with Crippen LogP contribution in [0.4, 0.5) is 10.6 Å². The molecule has 0 radical (unpaired) electrons. The molecule has 0 fully saturated rings. The molecule has 8 nitrogen and oxygen atoms in total. The average Bonchev–Trinajstić information content (AvgIpc) is 2.67. The van der Waals surface area contributed by atoms with Gasteiger partial charge in [0.05, 0.1) is 18.2 Å². The summed E-state index contributed by atoms with van der Waals surface area (Å²) in [5, 5.41) is 3.48. The summed E-state index contributed by atoms with van der Waals surface area (Å²) < 4.78 is 10.6. The monoisotopic (exact) mass is 401 g/mol. The highest BCUT2D eigenvalue weighted by molar-refractivity contribution is 5.90. The molecule has 0 saturated heterocycles. The van der Waals surface area contributed by atoms with Crippen molar-refractivity contribution in [3.05, 3.63) is 24.0 Å². The number of methoxy groups -OCH3 is 1. The molecule has 158 valence electrons. The summed E-state index contributed by atoms with van der Waals surface area (Å²) in [6.45, 7) is 6.07. The maximum atomic E-state index is 11.5. The van der Waals surface area contributed by atoms with Crippen LogP contribution >= 0.6 is 0 Å². The van der Waals surface area contributed by atoms with E-state index in [1.54, 1.807) is 13.2 Å². The molecule has 1 aromatic heterocycles. The topological polar surface area (TPSA) is 125 Å². The third kappa shape index (κ3) is 8.23. The number of carbonyl (C=O) groups is 1. The molecule has 1 heterocycles. The highest BCUT2D eigenvalue weighted by atomic mass is 16.6. The van der Waals surface area contributed by atoms with Crippen molar-refractivity contribution in [1.82, 2.24) is 15.3 Å². The van der Waals surface area contributed by atoms with E-state index in [0.717, 1.165) is 29.3 Å². The number of aromatic nitrogens is 2. The molecule has 29 heavy (non-hydrogen) atoms. The fourth-order valence-corrected chi connectivity index (χ4v) is 2.37. The first kappa shape index (κ1) is 24.0. The van der Waals surface area contributed by atoms with Crippen molar-refractivity contribution in [2.24, 2.45) is 5.73 Å². The van der Waals surface area contributed by atoms with Crippen molar-refractivity contribution in [2.45, 2.75) is 45.6 Å². The van der Waals surface area contributed by atoms with Crippen molar-refractivity contribution in [3.8, 4) is 17.6 Å². The molecule has 0 atom stereocenters. The molecule has 0 aliphatic carbocycles. The zero-order chi connectivity index (χ0) is 21.9. The second-order valence-corrected chi connectivity index (χ2v) is 7.02. The molecule has 0 aliphatic heterocycles. The predicted molar refractivity (Wildman–Crippen MR) is 116 cm³/mol. The standard InChI is InChI=1S/C20H26N4O3.CH5N/c1-20(2,3)27-19(25)22-10-8-6-5-7-9-14-11-16-15(12-17(14)26-4)18(21)24-13-23-16;1-2/h11-13H,5-6,8,10H2,1-4H3,(H,22,25)(H2,21,23,24);2H2,1H3. The van der Waals surface area contributed by atoms with Crippen LogP contribution in [0.3, 0.4) is 0 Å². The van der Waals surface area contributed by atoms with Gasteiger partial charge in [0.15, 0.2) is 0 Å². The van der Waals surface area contributed by atoms with E-state index >= 15 is 0 Å². The molecule has 0 bridgehead atoms. The molecule has 2 aromatic rings. The van der Waals surface area contributed by atoms with E-state index in [9.17, 15) is 4.79 Å². The minimum Gasteiger partial charge on any atom is -0.495 e. The fraction of sp³-hybridized carbons (Fsp3) is 0.476. The van der Waals surface area contributed by atoms with Crippen molar-refractivity contribution in [3.63, 3.8) is 0 Å². The van der Waals surface area contributed by atoms with Gasteiger partial charge in [-0.25, -0.2) is 14.8 Å². The second kappa shape index (κ2) is 11.7. The summed E-state index contributed by atoms with van der Waals surface area (Å²) in [4.78, 5) is 19.7. The number of unbranched alkanes of at least 4 members (excludes halogenated alkanes) is 2. The third-order valence-electron chi connectivity index (χ3n) is 3.61. The lowest BCUT2D eigenvalue weighted by atomic mass is 10.1. The zero-order valence-electron chi connectivity index (χ0n) is 17.8. The Morgan fingerprint density at radius 2 is 1.93 bits per heavy atom. The van der Waals surface area contributed by atoms with Crippen LogP contribution in [0, 0.1) is 11.8 Å². The SMILES string of the molecule is CN.COc1cc2c(N)ncnc2cc1C#CCCCCNC(=O)OC(C)(C)C. The summed E-state index contributed by atoms with van der Waals surface area (Å²) in [6.07, 6.45) is 3.44. The number of carbonyl (C=O) groups excluding carboxylic acids is 1. The number of fused-ring (bicyclic) bond motifs is 1. The van der Waals surface area contributed by atoms with E-state index in [0.29, 0.717) is 24.5 Å². The molecule has 0 aliphatic rings. The van der Waals surface area contributed by atoms with E-state index < -0.39 is 11.7 Å². The van der Waals surface area contributed by atoms with Gasteiger partial charge in [-0.2, -0.15) is 0 Å². The van der Waals surface area contributed by atoms with Crippen LogP contribution in [-0.2, 0) is 4.74 Å². The number of nitrogens with one attached hydrogen (secondary N) is 1. The molecule has 2 rings (SSSR count). The Labute approximate surface area is 172 Å². The van der Waals surface area contributed by atoms with Gasteiger partial charge >= 0.3 is 6.09 Å². The first-order valence-electron chi connectivity index (χ1n) is 9.42. The normalized spacial score (nSPS) is 10.3. The number of hydrogen-bond acceptors (Lipinski definition) is 7. The predicted octanol–water partition coefficient (Wildman–Crippen LogP) is 2.84. The van der Waals surface area contributed by atoms with Gasteiger partial charge in [-0.3, -0.25) is 0 Å². The van der Waals surface area contributed by atoms with E-state index in [-0.39, 0.29) is 0 Å². The van der Waals surface area contributed by atoms with Gasteiger partial charge in [-0.1, -0.05) is 11.8 Å². The number of nitrogen functional groups attached to an aromatic ring is 1. The van der Waals surface area contributed by atoms with Crippen molar-refractivity contribution >= 4 is 22.8 Å². The van der Waals surface area contributed by atoms with E-state index in [1.807, 2.05) is 26.8 Å². The first-order chi connectivity index (χ1) is 13.8. The number of benzene rings is 1. The number of hydrogen-bond donors (Lipinski definition) is 3. The Balaban J connectivity index is 0.00000204. The van der Waals surface area contributed by atoms with Crippen LogP contribution in [-0.4, -0.2) is 42.4 Å². The molecule has 0 saturated carbocycles. The van der Waals surface area contributed by atoms with Crippen molar-refractivity contribution < 1.29 is 14.3 Å². The Morgan fingerprint density at radius 1 is 1.21 bits per heavy atom. The number of amides is 1. The maximum absolute atomic E-state index is 11.5. The first-order valence-corrected chi connectivity index (χ1v) is 9.42. The molecule has 5 N–H and O–H groups in total. The van der Waals surface area contributed by atoms with E-state index in [1.165, 1.54) is 13.4 Å². The van der Waals surface area contributed by atoms with Crippen molar-refractivity contribution in [2.75, 3.05) is 26.4 Å². The molecule has 0 unspecified atom stereocenters. The Morgan fingerprint density at radius 3 is 2.59 bits per heavy atom. The molecule has 0 spiro atoms. The number of nitrogens with zero attached hydrogens (tertiary/aromatic N) is 2. The number of nitrogens with two attached hydrogens (primary N) is 2. The fourth-order valence-electron chi connectivity index (χ4n) is 2.37. The largest absolute Gasteiger partial charge is 0.495 e. The minimum atomic E-state index is -0.482. The van der Waals surface area contributed by atoms with Crippen LogP contribution in [0.25, 0.3) is 10.9 Å². The lowest BCUT2D eigenvalue weighted by Gasteiger charge is -2.19. The smallest absolute Gasteiger partial charge is 0.407 e. The van der Waals surface area contributed by atoms with Gasteiger partial charge in [0.25, 0.3) is 0 Å². The van der Waals surface area contributed by atoms with Crippen LogP contribution in [0.15, 0.2) is 18.5 Å². The summed E-state index contributed by atoms with van der Waals surface area (Å²) >= 11 is 0. The number of ether oxygens (including phenoxy) is 2. The van der Waals surface area contributed by atoms with Crippen molar-refractivity contribution in [1.29, 1.82) is 0 Å². The van der Waals surface area contributed by atoms with Crippen LogP contribution in [0.2, 0.25) is 0 Å². The van der Waals surface area contributed by atoms with E-state index in [2.05, 4.69) is 32.9 Å². The molecular weight excluding hydrogens is 370 g/mol. The Hall–Kier alpha value is -3.05. The highest BCUT2D eigenvalue weighted by Crippen LogP contribution is 2.26. The minimum absolute atomic E-state index is 0.393. The lowest BCUT2D eigenvalue weighted by Crippen LogP contribution is -2.32. The van der Waals surface area contributed by atoms with Crippen LogP contribution in [0.5, 0.6) is 5.75 Å². The molecule has 8 heteroatoms. The third-order valence-corrected chi connectivity index (χ3v) is 3.61. The second-order valence-electron chi connectivity index (χ2n) is 7.02. The number of alkyl carbamates (subject to hydrolysis) is 1. The molecular formula is C21H31N5O3. The van der Waals surface area contributed by atoms with Gasteiger partial charge in [0.1, 0.15) is 23.5 Å². The Bertz CT molecular complexity index is 866. The number of rotatable bonds is 5. The lowest BCUT2D eigenvalue weighted by molar-refractivity contribution is 0.0527. The quantitative estimate of drug-likeness (QED) is 0.519. The van der Waals surface area contributed by atoms with Crippen LogP contribution in [0.1, 0.15) is 45.6 Å². The summed E-state index contributed by atoms with van der Waals surface area (Å²) in [6, 6.07) is 3.66. The van der Waals surface area contributed by atoms with Gasteiger partial charge in [-0.15, -0.1) is 0 Å². The average molecular weight is 402 g/mol. The maximum Gasteiger partial charge on any atom is 0.407 e. The Kier molecular flexibility index (Phi) is 9.69. The summed E-state index contributed by atoms with van der Waals surface area (Å²) in [5.41, 5.74) is 11.4. The zero-order valence-corrected chi connectivity index (χ0v) is 17.8. The van der Waals surface area contributed by atoms with Gasteiger partial charge in [-0.05, 0) is 52.8 Å². The highest BCUT2D eigenvalue weighted by Gasteiger charge is 2.15. The summed E-state index contributed by atoms with van der Waals surface area (Å²) in [5.74, 6) is 7.31. The summed E-state index contributed by atoms with van der Waals surface area (Å²) in [7, 11) is 3.09. The number of anilines is 1. The van der Waals surface area contributed by atoms with Gasteiger partial charge in [0.2, 0.25) is 0 Å². The van der Waals surface area contributed by atoms with Crippen LogP contribution < -0.4 is 21.5 Å². The van der Waals surface area contributed by atoms with E-state index in [4.69, 9.17) is 15.2 Å². The van der Waals surface area contributed by atoms with Gasteiger partial charge in [0, 0.05) is 18.4 Å². The van der Waals surface area contributed by atoms with Gasteiger partial charge < -0.3 is 26.3 Å². The molecule has 1 aromatic carbocycles.